The van der Waals surface area contributed by atoms with Crippen LogP contribution in [0.1, 0.15) is 27.7 Å². The van der Waals surface area contributed by atoms with Crippen molar-refractivity contribution in [1.29, 1.82) is 0 Å². The zero-order valence-electron chi connectivity index (χ0n) is 16.7. The molecule has 144 valence electrons. The van der Waals surface area contributed by atoms with Crippen molar-refractivity contribution in [2.24, 2.45) is 5.92 Å². The Labute approximate surface area is 163 Å². The summed E-state index contributed by atoms with van der Waals surface area (Å²) in [6, 6.07) is 21.6. The largest absolute Gasteiger partial charge is 0.399 e. The highest BCUT2D eigenvalue weighted by atomic mass is 28.4. The van der Waals surface area contributed by atoms with E-state index in [1.807, 2.05) is 0 Å². The molecule has 0 aliphatic carbocycles. The Kier molecular flexibility index (Phi) is 5.01. The van der Waals surface area contributed by atoms with Gasteiger partial charge < -0.3 is 13.9 Å². The van der Waals surface area contributed by atoms with E-state index >= 15 is 0 Å². The van der Waals surface area contributed by atoms with Crippen molar-refractivity contribution in [3.8, 4) is 0 Å². The molecular weight excluding hydrogens is 352 g/mol. The van der Waals surface area contributed by atoms with Crippen LogP contribution in [-0.4, -0.2) is 39.8 Å². The first-order valence-electron chi connectivity index (χ1n) is 9.95. The van der Waals surface area contributed by atoms with Gasteiger partial charge in [-0.15, -0.1) is 0 Å². The fourth-order valence-corrected chi connectivity index (χ4v) is 9.35. The Morgan fingerprint density at radius 3 is 1.85 bits per heavy atom. The van der Waals surface area contributed by atoms with Crippen LogP contribution >= 0.6 is 0 Å². The summed E-state index contributed by atoms with van der Waals surface area (Å²) < 4.78 is 19.4. The highest BCUT2D eigenvalue weighted by Crippen LogP contribution is 2.41. The Balaban J connectivity index is 1.81. The lowest BCUT2D eigenvalue weighted by Crippen LogP contribution is -2.68. The molecule has 0 saturated carbocycles. The van der Waals surface area contributed by atoms with Gasteiger partial charge in [-0.2, -0.15) is 0 Å². The molecule has 0 spiro atoms. The van der Waals surface area contributed by atoms with E-state index in [-0.39, 0.29) is 23.4 Å². The number of fused-ring (bicyclic) bond motifs is 1. The van der Waals surface area contributed by atoms with Crippen molar-refractivity contribution in [3.63, 3.8) is 0 Å². The zero-order chi connectivity index (χ0) is 19.1. The van der Waals surface area contributed by atoms with E-state index in [1.54, 1.807) is 0 Å². The van der Waals surface area contributed by atoms with Gasteiger partial charge >= 0.3 is 0 Å². The molecule has 0 N–H and O–H groups in total. The molecule has 0 amide bonds. The third kappa shape index (κ3) is 3.19. The molecule has 2 aromatic carbocycles. The second-order valence-electron chi connectivity index (χ2n) is 8.89. The van der Waals surface area contributed by atoms with E-state index in [1.165, 1.54) is 10.4 Å². The smallest absolute Gasteiger partial charge is 0.261 e. The van der Waals surface area contributed by atoms with Gasteiger partial charge in [0.05, 0.1) is 25.4 Å². The first kappa shape index (κ1) is 18.9. The van der Waals surface area contributed by atoms with Crippen molar-refractivity contribution in [1.82, 2.24) is 0 Å². The van der Waals surface area contributed by atoms with Crippen LogP contribution < -0.4 is 10.4 Å². The predicted molar refractivity (Wildman–Crippen MR) is 111 cm³/mol. The van der Waals surface area contributed by atoms with E-state index in [2.05, 4.69) is 88.4 Å². The van der Waals surface area contributed by atoms with E-state index < -0.39 is 8.32 Å². The first-order valence-corrected chi connectivity index (χ1v) is 11.9. The molecule has 0 bridgehead atoms. The molecule has 2 saturated heterocycles. The summed E-state index contributed by atoms with van der Waals surface area (Å²) in [5.74, 6) is 0.433. The monoisotopic (exact) mass is 382 g/mol. The average Bonchev–Trinajstić information content (AvgIpc) is 3.23. The summed E-state index contributed by atoms with van der Waals surface area (Å²) in [5.41, 5.74) is 0. The summed E-state index contributed by atoms with van der Waals surface area (Å²) in [4.78, 5) is 0. The number of hydrogen-bond donors (Lipinski definition) is 0. The summed E-state index contributed by atoms with van der Waals surface area (Å²) >= 11 is 0. The number of ether oxygens (including phenoxy) is 2. The number of rotatable bonds is 4. The third-order valence-electron chi connectivity index (χ3n) is 6.00. The lowest BCUT2D eigenvalue weighted by atomic mass is 10.0. The first-order chi connectivity index (χ1) is 12.9. The van der Waals surface area contributed by atoms with Gasteiger partial charge in [-0.05, 0) is 15.4 Å². The van der Waals surface area contributed by atoms with Crippen LogP contribution in [0.25, 0.3) is 0 Å². The standard InChI is InChI=1S/C23H30O3Si/c1-17-15-24-22-20(16-25-21(17)22)26-27(23(2,3)4,18-11-7-5-8-12-18)19-13-9-6-10-14-19/h5-14,17,20-22H,15-16H2,1-4H3/t17-,20+,21-,22-/m1/s1. The van der Waals surface area contributed by atoms with Crippen LogP contribution in [0.5, 0.6) is 0 Å². The van der Waals surface area contributed by atoms with Crippen LogP contribution in [0, 0.1) is 5.92 Å². The molecule has 2 aromatic rings. The maximum atomic E-state index is 7.19. The molecule has 27 heavy (non-hydrogen) atoms. The van der Waals surface area contributed by atoms with Gasteiger partial charge in [-0.3, -0.25) is 0 Å². The van der Waals surface area contributed by atoms with Gasteiger partial charge in [0.2, 0.25) is 0 Å². The Morgan fingerprint density at radius 2 is 1.33 bits per heavy atom. The summed E-state index contributed by atoms with van der Waals surface area (Å²) in [6.07, 6.45) is 0.182. The number of hydrogen-bond acceptors (Lipinski definition) is 3. The Morgan fingerprint density at radius 1 is 0.815 bits per heavy atom. The lowest BCUT2D eigenvalue weighted by Gasteiger charge is -2.45. The van der Waals surface area contributed by atoms with Crippen molar-refractivity contribution >= 4 is 18.7 Å². The maximum absolute atomic E-state index is 7.19. The van der Waals surface area contributed by atoms with Crippen LogP contribution in [0.4, 0.5) is 0 Å². The minimum Gasteiger partial charge on any atom is -0.399 e. The SMILES string of the molecule is C[C@@H]1CO[C@H]2[C@@H]1OC[C@@H]2O[Si](c1ccccc1)(c1ccccc1)C(C)(C)C. The van der Waals surface area contributed by atoms with Crippen molar-refractivity contribution < 1.29 is 13.9 Å². The molecule has 2 aliphatic heterocycles. The van der Waals surface area contributed by atoms with Crippen LogP contribution in [-0.2, 0) is 13.9 Å². The fourth-order valence-electron chi connectivity index (χ4n) is 4.67. The van der Waals surface area contributed by atoms with Crippen molar-refractivity contribution in [2.75, 3.05) is 13.2 Å². The topological polar surface area (TPSA) is 27.7 Å². The van der Waals surface area contributed by atoms with Crippen LogP contribution in [0.15, 0.2) is 60.7 Å². The van der Waals surface area contributed by atoms with Crippen molar-refractivity contribution in [3.05, 3.63) is 60.7 Å². The molecule has 0 radical (unpaired) electrons. The molecule has 2 aliphatic rings. The molecule has 0 unspecified atom stereocenters. The average molecular weight is 383 g/mol. The third-order valence-corrected chi connectivity index (χ3v) is 11.1. The summed E-state index contributed by atoms with van der Waals surface area (Å²) in [6.45, 7) is 10.5. The van der Waals surface area contributed by atoms with Gasteiger partial charge in [0.25, 0.3) is 8.32 Å². The van der Waals surface area contributed by atoms with Gasteiger partial charge in [-0.1, -0.05) is 88.4 Å². The van der Waals surface area contributed by atoms with E-state index in [4.69, 9.17) is 13.9 Å². The highest BCUT2D eigenvalue weighted by molar-refractivity contribution is 6.99. The van der Waals surface area contributed by atoms with Gasteiger partial charge in [-0.25, -0.2) is 0 Å². The van der Waals surface area contributed by atoms with E-state index in [0.717, 1.165) is 6.61 Å². The lowest BCUT2D eigenvalue weighted by molar-refractivity contribution is 0.0253. The normalized spacial score (nSPS) is 28.3. The van der Waals surface area contributed by atoms with Crippen molar-refractivity contribution in [2.45, 2.75) is 51.0 Å². The summed E-state index contributed by atoms with van der Waals surface area (Å²) in [7, 11) is -2.56. The quantitative estimate of drug-likeness (QED) is 0.759. The molecule has 2 heterocycles. The Hall–Kier alpha value is -1.46. The molecule has 3 nitrogen and oxygen atoms in total. The fraction of sp³-hybridized carbons (Fsp3) is 0.478. The molecule has 2 fully saturated rings. The minimum absolute atomic E-state index is 0.0220. The summed E-state index contributed by atoms with van der Waals surface area (Å²) in [5, 5.41) is 2.58. The van der Waals surface area contributed by atoms with Gasteiger partial charge in [0.15, 0.2) is 0 Å². The molecule has 4 heteroatoms. The van der Waals surface area contributed by atoms with E-state index in [9.17, 15) is 0 Å². The number of benzene rings is 2. The molecule has 4 atom stereocenters. The van der Waals surface area contributed by atoms with Crippen LogP contribution in [0.3, 0.4) is 0 Å². The second kappa shape index (κ2) is 7.17. The van der Waals surface area contributed by atoms with Gasteiger partial charge in [0, 0.05) is 5.92 Å². The molecule has 0 aromatic heterocycles. The van der Waals surface area contributed by atoms with Gasteiger partial charge in [0.1, 0.15) is 6.10 Å². The molecule has 4 rings (SSSR count). The maximum Gasteiger partial charge on any atom is 0.261 e. The van der Waals surface area contributed by atoms with Crippen LogP contribution in [0.2, 0.25) is 5.04 Å². The Bertz CT molecular complexity index is 717. The second-order valence-corrected chi connectivity index (χ2v) is 13.1. The zero-order valence-corrected chi connectivity index (χ0v) is 17.7. The molecular formula is C23H30O3Si. The minimum atomic E-state index is -2.56. The van der Waals surface area contributed by atoms with E-state index in [0.29, 0.717) is 12.5 Å². The predicted octanol–water partition coefficient (Wildman–Crippen LogP) is 3.37. The highest BCUT2D eigenvalue weighted by Gasteiger charge is 2.55.